The number of nitrogens with zero attached hydrogens (tertiary/aromatic N) is 1. The lowest BCUT2D eigenvalue weighted by Crippen LogP contribution is -2.28. The minimum absolute atomic E-state index is 0.0443. The normalized spacial score (nSPS) is 24.0. The van der Waals surface area contributed by atoms with E-state index in [2.05, 4.69) is 10.3 Å². The molecule has 1 saturated heterocycles. The van der Waals surface area contributed by atoms with Gasteiger partial charge in [0.1, 0.15) is 5.76 Å². The lowest BCUT2D eigenvalue weighted by molar-refractivity contribution is 0.252. The molecular formula is C11H18N2O2. The Morgan fingerprint density at radius 2 is 2.60 bits per heavy atom. The van der Waals surface area contributed by atoms with Crippen molar-refractivity contribution in [3.8, 4) is 0 Å². The Morgan fingerprint density at radius 3 is 3.27 bits per heavy atom. The highest BCUT2D eigenvalue weighted by atomic mass is 16.4. The highest BCUT2D eigenvalue weighted by molar-refractivity contribution is 5.04. The van der Waals surface area contributed by atoms with Crippen LogP contribution in [-0.2, 0) is 0 Å². The zero-order chi connectivity index (χ0) is 10.7. The molecule has 84 valence electrons. The quantitative estimate of drug-likeness (QED) is 0.788. The average molecular weight is 210 g/mol. The first-order chi connectivity index (χ1) is 7.31. The molecule has 4 nitrogen and oxygen atoms in total. The van der Waals surface area contributed by atoms with Crippen molar-refractivity contribution in [2.24, 2.45) is 0 Å². The molecule has 0 radical (unpaired) electrons. The van der Waals surface area contributed by atoms with E-state index in [1.54, 1.807) is 6.20 Å². The summed E-state index contributed by atoms with van der Waals surface area (Å²) in [5.74, 6) is 2.05. The summed E-state index contributed by atoms with van der Waals surface area (Å²) in [6, 6.07) is 0. The van der Waals surface area contributed by atoms with Gasteiger partial charge < -0.3 is 14.8 Å². The second-order valence-corrected chi connectivity index (χ2v) is 4.23. The standard InChI is InChI=1S/C11H18N2O2/c1-8(7-14)10-6-13-11(15-10)9-3-2-4-12-5-9/h6,8-9,12,14H,2-5,7H2,1H3. The number of aliphatic hydroxyl groups is 1. The molecule has 2 N–H and O–H groups in total. The first kappa shape index (κ1) is 10.6. The molecule has 4 heteroatoms. The number of oxazole rings is 1. The van der Waals surface area contributed by atoms with Gasteiger partial charge in [0, 0.05) is 18.4 Å². The maximum atomic E-state index is 9.01. The van der Waals surface area contributed by atoms with E-state index in [4.69, 9.17) is 9.52 Å². The predicted molar refractivity (Wildman–Crippen MR) is 56.8 cm³/mol. The third-order valence-corrected chi connectivity index (χ3v) is 2.95. The fraction of sp³-hybridized carbons (Fsp3) is 0.727. The maximum absolute atomic E-state index is 9.01. The van der Waals surface area contributed by atoms with Gasteiger partial charge in [-0.15, -0.1) is 0 Å². The second-order valence-electron chi connectivity index (χ2n) is 4.23. The molecule has 0 aromatic carbocycles. The van der Waals surface area contributed by atoms with E-state index in [0.717, 1.165) is 31.2 Å². The zero-order valence-electron chi connectivity index (χ0n) is 9.07. The summed E-state index contributed by atoms with van der Waals surface area (Å²) in [6.45, 7) is 4.09. The van der Waals surface area contributed by atoms with Crippen molar-refractivity contribution in [1.29, 1.82) is 0 Å². The molecule has 0 bridgehead atoms. The molecule has 2 atom stereocenters. The number of hydrogen-bond donors (Lipinski definition) is 2. The zero-order valence-corrected chi connectivity index (χ0v) is 9.07. The highest BCUT2D eigenvalue weighted by Crippen LogP contribution is 2.25. The van der Waals surface area contributed by atoms with Crippen molar-refractivity contribution < 1.29 is 9.52 Å². The summed E-state index contributed by atoms with van der Waals surface area (Å²) >= 11 is 0. The summed E-state index contributed by atoms with van der Waals surface area (Å²) < 4.78 is 5.66. The summed E-state index contributed by atoms with van der Waals surface area (Å²) in [7, 11) is 0. The van der Waals surface area contributed by atoms with Crippen LogP contribution in [0.5, 0.6) is 0 Å². The number of rotatable bonds is 3. The van der Waals surface area contributed by atoms with E-state index in [1.165, 1.54) is 6.42 Å². The molecule has 2 heterocycles. The van der Waals surface area contributed by atoms with Gasteiger partial charge in [-0.1, -0.05) is 6.92 Å². The smallest absolute Gasteiger partial charge is 0.198 e. The molecule has 15 heavy (non-hydrogen) atoms. The highest BCUT2D eigenvalue weighted by Gasteiger charge is 2.21. The van der Waals surface area contributed by atoms with Gasteiger partial charge in [0.25, 0.3) is 0 Å². The van der Waals surface area contributed by atoms with Crippen LogP contribution in [0.1, 0.15) is 43.3 Å². The molecule has 2 unspecified atom stereocenters. The monoisotopic (exact) mass is 210 g/mol. The van der Waals surface area contributed by atoms with E-state index in [9.17, 15) is 0 Å². The maximum Gasteiger partial charge on any atom is 0.198 e. The largest absolute Gasteiger partial charge is 0.445 e. The van der Waals surface area contributed by atoms with Crippen LogP contribution < -0.4 is 5.32 Å². The van der Waals surface area contributed by atoms with Crippen LogP contribution in [0.25, 0.3) is 0 Å². The third kappa shape index (κ3) is 2.38. The Balaban J connectivity index is 2.05. The van der Waals surface area contributed by atoms with Crippen LogP contribution in [0, 0.1) is 0 Å². The van der Waals surface area contributed by atoms with Crippen LogP contribution in [0.2, 0.25) is 0 Å². The van der Waals surface area contributed by atoms with Crippen LogP contribution >= 0.6 is 0 Å². The molecule has 1 aromatic heterocycles. The van der Waals surface area contributed by atoms with E-state index < -0.39 is 0 Å². The van der Waals surface area contributed by atoms with Crippen LogP contribution in [0.15, 0.2) is 10.6 Å². The molecule has 0 saturated carbocycles. The Hall–Kier alpha value is -0.870. The SMILES string of the molecule is CC(CO)c1cnc(C2CCCNC2)o1. The van der Waals surface area contributed by atoms with Gasteiger partial charge in [-0.2, -0.15) is 0 Å². The van der Waals surface area contributed by atoms with E-state index >= 15 is 0 Å². The number of hydrogen-bond acceptors (Lipinski definition) is 4. The van der Waals surface area contributed by atoms with Crippen molar-refractivity contribution >= 4 is 0 Å². The van der Waals surface area contributed by atoms with Crippen molar-refractivity contribution in [2.45, 2.75) is 31.6 Å². The molecule has 2 rings (SSSR count). The molecular weight excluding hydrogens is 192 g/mol. The van der Waals surface area contributed by atoms with Crippen LogP contribution in [-0.4, -0.2) is 29.8 Å². The molecule has 1 aromatic rings. The summed E-state index contributed by atoms with van der Waals surface area (Å²) in [4.78, 5) is 4.29. The van der Waals surface area contributed by atoms with Crippen LogP contribution in [0.3, 0.4) is 0 Å². The van der Waals surface area contributed by atoms with Crippen molar-refractivity contribution in [3.05, 3.63) is 17.8 Å². The van der Waals surface area contributed by atoms with Gasteiger partial charge in [0.05, 0.1) is 12.8 Å². The summed E-state index contributed by atoms with van der Waals surface area (Å²) in [6.07, 6.45) is 4.06. The average Bonchev–Trinajstić information content (AvgIpc) is 2.78. The third-order valence-electron chi connectivity index (χ3n) is 2.95. The van der Waals surface area contributed by atoms with Gasteiger partial charge >= 0.3 is 0 Å². The molecule has 0 spiro atoms. The van der Waals surface area contributed by atoms with Gasteiger partial charge in [-0.3, -0.25) is 0 Å². The lowest BCUT2D eigenvalue weighted by atomic mass is 10.00. The van der Waals surface area contributed by atoms with Crippen molar-refractivity contribution in [1.82, 2.24) is 10.3 Å². The van der Waals surface area contributed by atoms with E-state index in [-0.39, 0.29) is 12.5 Å². The van der Waals surface area contributed by atoms with Gasteiger partial charge in [0.15, 0.2) is 5.89 Å². The fourth-order valence-corrected chi connectivity index (χ4v) is 1.87. The molecule has 1 aliphatic rings. The Morgan fingerprint density at radius 1 is 1.73 bits per heavy atom. The van der Waals surface area contributed by atoms with Crippen molar-refractivity contribution in [2.75, 3.05) is 19.7 Å². The number of nitrogens with one attached hydrogen (secondary N) is 1. The Kier molecular flexibility index (Phi) is 3.38. The molecule has 0 amide bonds. The molecule has 1 aliphatic heterocycles. The molecule has 1 fully saturated rings. The van der Waals surface area contributed by atoms with Gasteiger partial charge in [0.2, 0.25) is 0 Å². The first-order valence-electron chi connectivity index (χ1n) is 5.58. The van der Waals surface area contributed by atoms with Crippen LogP contribution in [0.4, 0.5) is 0 Å². The van der Waals surface area contributed by atoms with Crippen molar-refractivity contribution in [3.63, 3.8) is 0 Å². The minimum atomic E-state index is 0.0443. The van der Waals surface area contributed by atoms with Gasteiger partial charge in [-0.25, -0.2) is 4.98 Å². The predicted octanol–water partition coefficient (Wildman–Crippen LogP) is 1.24. The Bertz CT molecular complexity index is 305. The minimum Gasteiger partial charge on any atom is -0.445 e. The van der Waals surface area contributed by atoms with E-state index in [0.29, 0.717) is 5.92 Å². The topological polar surface area (TPSA) is 58.3 Å². The van der Waals surface area contributed by atoms with E-state index in [1.807, 2.05) is 6.92 Å². The Labute approximate surface area is 89.7 Å². The summed E-state index contributed by atoms with van der Waals surface area (Å²) in [5, 5.41) is 12.3. The second kappa shape index (κ2) is 4.77. The molecule has 0 aliphatic carbocycles. The first-order valence-corrected chi connectivity index (χ1v) is 5.58. The summed E-state index contributed by atoms with van der Waals surface area (Å²) in [5.41, 5.74) is 0. The lowest BCUT2D eigenvalue weighted by Gasteiger charge is -2.19. The van der Waals surface area contributed by atoms with Gasteiger partial charge in [-0.05, 0) is 19.4 Å². The number of piperidine rings is 1. The fourth-order valence-electron chi connectivity index (χ4n) is 1.87. The number of aliphatic hydroxyl groups excluding tert-OH is 1. The number of aromatic nitrogens is 1.